The third-order valence-corrected chi connectivity index (χ3v) is 7.32. The fourth-order valence-corrected chi connectivity index (χ4v) is 5.33. The predicted octanol–water partition coefficient (Wildman–Crippen LogP) is 4.51. The minimum Gasteiger partial charge on any atom is -0.484 e. The fraction of sp³-hybridized carbons (Fsp3) is 0.286. The SMILES string of the molecule is CC(=O)N1CCc2cccc(C(C)Oc3cc(F)c(S(=O)Nc4ncns4)cc3Cl)c2C1. The van der Waals surface area contributed by atoms with E-state index in [0.717, 1.165) is 35.1 Å². The number of anilines is 1. The van der Waals surface area contributed by atoms with Crippen molar-refractivity contribution in [1.82, 2.24) is 14.3 Å². The van der Waals surface area contributed by atoms with E-state index in [1.165, 1.54) is 18.0 Å². The molecule has 7 nitrogen and oxygen atoms in total. The number of benzene rings is 2. The average molecular weight is 495 g/mol. The van der Waals surface area contributed by atoms with E-state index in [2.05, 4.69) is 14.1 Å². The van der Waals surface area contributed by atoms with E-state index in [-0.39, 0.29) is 21.6 Å². The molecule has 1 amide bonds. The number of carbonyl (C=O) groups is 1. The molecule has 2 unspecified atom stereocenters. The van der Waals surface area contributed by atoms with Crippen LogP contribution in [0.3, 0.4) is 0 Å². The first-order valence-corrected chi connectivity index (χ1v) is 12.1. The van der Waals surface area contributed by atoms with Crippen LogP contribution in [0.25, 0.3) is 0 Å². The number of halogens is 2. The Labute approximate surface area is 196 Å². The molecule has 2 heterocycles. The quantitative estimate of drug-likeness (QED) is 0.545. The number of hydrogen-bond donors (Lipinski definition) is 1. The van der Waals surface area contributed by atoms with Crippen molar-refractivity contribution in [2.24, 2.45) is 0 Å². The molecule has 0 bridgehead atoms. The van der Waals surface area contributed by atoms with Gasteiger partial charge in [-0.25, -0.2) is 13.6 Å². The molecule has 0 saturated carbocycles. The highest BCUT2D eigenvalue weighted by molar-refractivity contribution is 7.86. The lowest BCUT2D eigenvalue weighted by Gasteiger charge is -2.31. The molecule has 4 rings (SSSR count). The van der Waals surface area contributed by atoms with Crippen molar-refractivity contribution in [1.29, 1.82) is 0 Å². The van der Waals surface area contributed by atoms with Crippen molar-refractivity contribution >= 4 is 45.2 Å². The number of nitrogens with one attached hydrogen (secondary N) is 1. The second-order valence-electron chi connectivity index (χ2n) is 7.27. The van der Waals surface area contributed by atoms with Gasteiger partial charge in [0, 0.05) is 37.6 Å². The van der Waals surface area contributed by atoms with E-state index in [1.807, 2.05) is 25.1 Å². The standard InChI is InChI=1S/C21H20ClFN4O3S2/c1-12(15-5-3-4-14-6-7-27(13(2)28)10-16(14)15)30-19-9-18(23)20(8-17(19)22)32(29)26-21-24-11-25-31-21/h3-5,8-9,11-12H,6-7,10H2,1-2H3,(H,24,25,26). The lowest BCUT2D eigenvalue weighted by atomic mass is 9.92. The Morgan fingerprint density at radius 3 is 2.94 bits per heavy atom. The number of aromatic nitrogens is 2. The molecule has 1 N–H and O–H groups in total. The zero-order valence-corrected chi connectivity index (χ0v) is 19.7. The van der Waals surface area contributed by atoms with Gasteiger partial charge in [0.05, 0.1) is 9.92 Å². The number of fused-ring (bicyclic) bond motifs is 1. The van der Waals surface area contributed by atoms with Crippen LogP contribution in [0.2, 0.25) is 5.02 Å². The number of nitrogens with zero attached hydrogens (tertiary/aromatic N) is 3. The Balaban J connectivity index is 1.55. The Morgan fingerprint density at radius 2 is 2.22 bits per heavy atom. The number of amides is 1. The summed E-state index contributed by atoms with van der Waals surface area (Å²) >= 11 is 7.34. The molecule has 0 radical (unpaired) electrons. The fourth-order valence-electron chi connectivity index (χ4n) is 3.61. The molecule has 1 aliphatic heterocycles. The van der Waals surface area contributed by atoms with Crippen molar-refractivity contribution in [3.63, 3.8) is 0 Å². The van der Waals surface area contributed by atoms with Gasteiger partial charge in [-0.3, -0.25) is 9.52 Å². The highest BCUT2D eigenvalue weighted by Gasteiger charge is 2.24. The van der Waals surface area contributed by atoms with Crippen LogP contribution in [-0.4, -0.2) is 30.9 Å². The number of rotatable bonds is 6. The lowest BCUT2D eigenvalue weighted by molar-refractivity contribution is -0.129. The van der Waals surface area contributed by atoms with Crippen LogP contribution in [0.1, 0.15) is 36.6 Å². The second-order valence-corrected chi connectivity index (χ2v) is 9.63. The van der Waals surface area contributed by atoms with Crippen LogP contribution >= 0.6 is 23.1 Å². The van der Waals surface area contributed by atoms with Gasteiger partial charge in [0.1, 0.15) is 24.0 Å². The zero-order chi connectivity index (χ0) is 22.8. The maximum absolute atomic E-state index is 14.7. The zero-order valence-electron chi connectivity index (χ0n) is 17.3. The second kappa shape index (κ2) is 9.51. The third-order valence-electron chi connectivity index (χ3n) is 5.22. The molecule has 1 aromatic heterocycles. The maximum atomic E-state index is 14.7. The Kier molecular flexibility index (Phi) is 6.73. The predicted molar refractivity (Wildman–Crippen MR) is 122 cm³/mol. The van der Waals surface area contributed by atoms with Gasteiger partial charge in [-0.15, -0.1) is 0 Å². The monoisotopic (exact) mass is 494 g/mol. The van der Waals surface area contributed by atoms with Gasteiger partial charge in [0.25, 0.3) is 0 Å². The average Bonchev–Trinajstić information content (AvgIpc) is 3.28. The summed E-state index contributed by atoms with van der Waals surface area (Å²) in [5, 5.41) is 0.442. The molecule has 0 saturated heterocycles. The topological polar surface area (TPSA) is 84.4 Å². The number of carbonyl (C=O) groups excluding carboxylic acids is 1. The molecule has 168 valence electrons. The van der Waals surface area contributed by atoms with Crippen LogP contribution in [0.15, 0.2) is 41.6 Å². The van der Waals surface area contributed by atoms with Crippen LogP contribution in [0.5, 0.6) is 5.75 Å². The molecular formula is C21H20ClFN4O3S2. The van der Waals surface area contributed by atoms with E-state index < -0.39 is 22.9 Å². The lowest BCUT2D eigenvalue weighted by Crippen LogP contribution is -2.35. The van der Waals surface area contributed by atoms with Crippen LogP contribution < -0.4 is 9.46 Å². The van der Waals surface area contributed by atoms with E-state index >= 15 is 0 Å². The summed E-state index contributed by atoms with van der Waals surface area (Å²) in [6, 6.07) is 8.34. The van der Waals surface area contributed by atoms with Crippen LogP contribution in [0.4, 0.5) is 9.52 Å². The smallest absolute Gasteiger partial charge is 0.219 e. The normalized spacial score (nSPS) is 15.1. The van der Waals surface area contributed by atoms with Crippen molar-refractivity contribution in [2.75, 3.05) is 11.3 Å². The minimum absolute atomic E-state index is 0.0230. The first-order chi connectivity index (χ1) is 15.3. The van der Waals surface area contributed by atoms with Gasteiger partial charge in [-0.05, 0) is 36.1 Å². The number of hydrogen-bond acceptors (Lipinski definition) is 6. The van der Waals surface area contributed by atoms with Gasteiger partial charge >= 0.3 is 0 Å². The minimum atomic E-state index is -1.90. The highest BCUT2D eigenvalue weighted by Crippen LogP contribution is 2.35. The molecule has 1 aliphatic rings. The molecular weight excluding hydrogens is 475 g/mol. The largest absolute Gasteiger partial charge is 0.484 e. The van der Waals surface area contributed by atoms with E-state index in [9.17, 15) is 13.4 Å². The Morgan fingerprint density at radius 1 is 1.41 bits per heavy atom. The number of ether oxygens (including phenoxy) is 1. The molecule has 2 atom stereocenters. The first kappa shape index (κ1) is 22.6. The van der Waals surface area contributed by atoms with Crippen LogP contribution in [0, 0.1) is 5.82 Å². The van der Waals surface area contributed by atoms with Gasteiger partial charge in [-0.2, -0.15) is 4.37 Å². The summed E-state index contributed by atoms with van der Waals surface area (Å²) in [5.74, 6) is -0.551. The van der Waals surface area contributed by atoms with Crippen molar-refractivity contribution < 1.29 is 18.1 Å². The Hall–Kier alpha value is -2.56. The summed E-state index contributed by atoms with van der Waals surface area (Å²) in [6.07, 6.45) is 1.64. The molecule has 0 spiro atoms. The molecule has 0 fully saturated rings. The van der Waals surface area contributed by atoms with Crippen molar-refractivity contribution in [3.8, 4) is 5.75 Å². The summed E-state index contributed by atoms with van der Waals surface area (Å²) in [4.78, 5) is 17.4. The summed E-state index contributed by atoms with van der Waals surface area (Å²) < 4.78 is 39.6. The van der Waals surface area contributed by atoms with Gasteiger partial charge in [0.2, 0.25) is 11.0 Å². The first-order valence-electron chi connectivity index (χ1n) is 9.80. The van der Waals surface area contributed by atoms with Crippen molar-refractivity contribution in [3.05, 3.63) is 64.2 Å². The highest BCUT2D eigenvalue weighted by atomic mass is 35.5. The molecule has 32 heavy (non-hydrogen) atoms. The maximum Gasteiger partial charge on any atom is 0.219 e. The van der Waals surface area contributed by atoms with E-state index in [4.69, 9.17) is 16.3 Å². The van der Waals surface area contributed by atoms with E-state index in [0.29, 0.717) is 18.2 Å². The van der Waals surface area contributed by atoms with Crippen molar-refractivity contribution in [2.45, 2.75) is 37.8 Å². The molecule has 11 heteroatoms. The van der Waals surface area contributed by atoms with Crippen LogP contribution in [-0.2, 0) is 28.7 Å². The Bertz CT molecular complexity index is 1180. The molecule has 2 aromatic carbocycles. The molecule has 3 aromatic rings. The summed E-state index contributed by atoms with van der Waals surface area (Å²) in [5.41, 5.74) is 3.12. The third kappa shape index (κ3) is 4.77. The summed E-state index contributed by atoms with van der Waals surface area (Å²) in [6.45, 7) is 4.59. The van der Waals surface area contributed by atoms with E-state index in [1.54, 1.807) is 11.8 Å². The van der Waals surface area contributed by atoms with Gasteiger partial charge in [-0.1, -0.05) is 29.8 Å². The van der Waals surface area contributed by atoms with Gasteiger partial charge < -0.3 is 9.64 Å². The summed E-state index contributed by atoms with van der Waals surface area (Å²) in [7, 11) is -1.90. The van der Waals surface area contributed by atoms with Gasteiger partial charge in [0.15, 0.2) is 11.0 Å². The molecule has 0 aliphatic carbocycles.